The summed E-state index contributed by atoms with van der Waals surface area (Å²) < 4.78 is 64.2. The van der Waals surface area contributed by atoms with E-state index in [0.717, 1.165) is 142 Å². The molecule has 4 aliphatic heterocycles. The Morgan fingerprint density at radius 2 is 0.756 bits per heavy atom. The molecule has 1 amide bonds. The van der Waals surface area contributed by atoms with Crippen molar-refractivity contribution in [2.45, 2.75) is 94.7 Å². The van der Waals surface area contributed by atoms with Crippen LogP contribution < -0.4 is 51.4 Å². The highest BCUT2D eigenvalue weighted by atomic mass is 35.5. The van der Waals surface area contributed by atoms with Gasteiger partial charge < -0.3 is 24.3 Å². The largest absolute Gasteiger partial charge is 0.497 e. The van der Waals surface area contributed by atoms with Crippen molar-refractivity contribution in [2.24, 2.45) is 36.2 Å². The Hall–Kier alpha value is -12.0. The monoisotopic (exact) mass is 1880 g/mol. The van der Waals surface area contributed by atoms with E-state index in [1.807, 2.05) is 177 Å². The Balaban J connectivity index is 0.000000138. The van der Waals surface area contributed by atoms with Gasteiger partial charge in [-0.05, 0) is 209 Å². The van der Waals surface area contributed by atoms with Crippen molar-refractivity contribution >= 4 is 171 Å². The molecule has 17 rings (SSSR count). The Morgan fingerprint density at radius 1 is 0.433 bits per heavy atom. The van der Waals surface area contributed by atoms with E-state index in [0.29, 0.717) is 78.8 Å². The fourth-order valence-corrected chi connectivity index (χ4v) is 18.8. The number of aromatic nitrogens is 3. The number of thiocarbonyl (C=S) groups is 1. The van der Waals surface area contributed by atoms with E-state index in [2.05, 4.69) is 73.3 Å². The van der Waals surface area contributed by atoms with Gasteiger partial charge in [-0.2, -0.15) is 33.6 Å². The number of rotatable bonds is 16. The fraction of sp³-hybridized carbons (Fsp3) is 0.196. The predicted octanol–water partition coefficient (Wildman–Crippen LogP) is 22.1. The van der Waals surface area contributed by atoms with Gasteiger partial charge in [0, 0.05) is 91.0 Å². The molecule has 0 saturated heterocycles. The van der Waals surface area contributed by atoms with Crippen LogP contribution in [0, 0.1) is 55.4 Å². The Bertz CT molecular complexity index is 6420. The van der Waals surface area contributed by atoms with Crippen LogP contribution >= 0.6 is 104 Å². The number of nitrogens with two attached hydrogens (primary N) is 1. The number of aryl methyl sites for hydroxylation is 4. The van der Waals surface area contributed by atoms with Crippen molar-refractivity contribution in [3.63, 3.8) is 0 Å². The number of fused-ring (bicyclic) bond motifs is 6. The molecule has 127 heavy (non-hydrogen) atoms. The summed E-state index contributed by atoms with van der Waals surface area (Å²) in [7, 11) is 6.51. The molecule has 652 valence electrons. The maximum Gasteiger partial charge on any atom is 0.452 e. The first kappa shape index (κ1) is 91.2. The smallest absolute Gasteiger partial charge is 0.452 e. The highest BCUT2D eigenvalue weighted by Crippen LogP contribution is 2.45. The molecule has 9 heterocycles. The van der Waals surface area contributed by atoms with Crippen LogP contribution in [-0.4, -0.2) is 104 Å². The predicted molar refractivity (Wildman–Crippen MR) is 513 cm³/mol. The number of guanidine groups is 2. The summed E-state index contributed by atoms with van der Waals surface area (Å²) in [5.74, 6) is 8.49. The van der Waals surface area contributed by atoms with Gasteiger partial charge in [-0.25, -0.2) is 40.4 Å². The zero-order valence-corrected chi connectivity index (χ0v) is 78.0. The normalized spacial score (nSPS) is 13.2. The Labute approximate surface area is 773 Å². The lowest BCUT2D eigenvalue weighted by molar-refractivity contribution is -0.146. The van der Waals surface area contributed by atoms with Crippen molar-refractivity contribution in [1.82, 2.24) is 46.1 Å². The highest BCUT2D eigenvalue weighted by molar-refractivity contribution is 7.80. The standard InChI is InChI=1S/C24H19ClF3N5OS.C24H24ClN5O2S.C22H22ClN5OS.C22H20ClN3OS2/c1-13-14(2)35-21-19(13)20(16-6-8-17(25)9-7-16)31-32(12-15-4-10-18(34-3)11-5-15)23-30-29-22(33(21)23)24(26,27)28;1-14-15(2)33-23-21(14)22(18-7-9-19(25)10-8-18)29-30(24(26-23)28-27-16(3)31)13-17-5-11-20(32-4)12-6-17;1-13-14(2)30-21-19(13)20(16-6-8-17(23)9-7-16)27-28(22(25-21)26-24)12-15-4-10-18(29-3)11-5-15;1-13-14(2)29-21-19(13)20(16-6-8-17(23)9-7-16)25-26(22(28)24-21)12-15-4-10-18(27-3)11-5-15/h4-11H,12H2,1-3H3;5-12H,13H2,1-4H3,(H,26,28)(H,27,31);4-11H,12,24H2,1-3H3,(H,25,26);4-11H,12H2,1-3H3,(H,24,28). The summed E-state index contributed by atoms with van der Waals surface area (Å²) in [5.41, 5.74) is 26.9. The summed E-state index contributed by atoms with van der Waals surface area (Å²) in [6.07, 6.45) is -4.70. The van der Waals surface area contributed by atoms with Crippen molar-refractivity contribution in [3.05, 3.63) is 329 Å². The number of hydrazone groups is 4. The zero-order valence-electron chi connectivity index (χ0n) is 70.9. The first-order chi connectivity index (χ1) is 61.0. The number of methoxy groups -OCH3 is 4. The summed E-state index contributed by atoms with van der Waals surface area (Å²) in [6, 6.07) is 60.9. The molecule has 8 aromatic carbocycles. The van der Waals surface area contributed by atoms with Crippen molar-refractivity contribution < 1.29 is 36.9 Å². The van der Waals surface area contributed by atoms with Gasteiger partial charge in [0.2, 0.25) is 23.7 Å². The molecule has 6 N–H and O–H groups in total. The third-order valence-electron chi connectivity index (χ3n) is 20.9. The number of hydrazine groups is 2. The number of hydrogen-bond donors (Lipinski definition) is 5. The summed E-state index contributed by atoms with van der Waals surface area (Å²) in [4.78, 5) is 25.8. The summed E-state index contributed by atoms with van der Waals surface area (Å²) in [5, 5.41) is 43.8. The molecule has 0 unspecified atom stereocenters. The molecule has 4 aliphatic rings. The molecule has 0 spiro atoms. The van der Waals surface area contributed by atoms with Gasteiger partial charge in [0.25, 0.3) is 5.95 Å². The summed E-state index contributed by atoms with van der Waals surface area (Å²) in [6.45, 7) is 19.4. The topological polar surface area (TPSA) is 246 Å². The van der Waals surface area contributed by atoms with E-state index in [4.69, 9.17) is 114 Å². The first-order valence-corrected chi connectivity index (χ1v) is 44.6. The molecular formula is C92H85Cl4F3N18O5S5. The quantitative estimate of drug-likeness (QED) is 0.0343. The lowest BCUT2D eigenvalue weighted by Crippen LogP contribution is -2.47. The number of carbonyl (C=O) groups excluding carboxylic acids is 1. The van der Waals surface area contributed by atoms with Crippen LogP contribution in [0.25, 0.3) is 5.00 Å². The number of nitrogens with one attached hydrogen (secondary N) is 4. The molecule has 0 radical (unpaired) electrons. The van der Waals surface area contributed by atoms with Gasteiger partial charge in [0.1, 0.15) is 65.8 Å². The van der Waals surface area contributed by atoms with Crippen molar-refractivity contribution in [2.75, 3.05) is 38.8 Å². The number of alkyl halides is 3. The molecule has 35 heteroatoms. The maximum absolute atomic E-state index is 14.0. The van der Waals surface area contributed by atoms with Crippen molar-refractivity contribution in [1.29, 1.82) is 0 Å². The molecule has 0 fully saturated rings. The van der Waals surface area contributed by atoms with Crippen LogP contribution in [0.1, 0.15) is 121 Å². The van der Waals surface area contributed by atoms with Crippen LogP contribution in [0.3, 0.4) is 0 Å². The minimum Gasteiger partial charge on any atom is -0.497 e. The number of ether oxygens (including phenoxy) is 4. The van der Waals surface area contributed by atoms with Crippen LogP contribution in [0.2, 0.25) is 20.1 Å². The molecule has 0 bridgehead atoms. The van der Waals surface area contributed by atoms with E-state index < -0.39 is 12.0 Å². The maximum atomic E-state index is 14.0. The molecule has 0 aliphatic carbocycles. The number of anilines is 2. The molecule has 0 saturated carbocycles. The van der Waals surface area contributed by atoms with Gasteiger partial charge in [-0.3, -0.25) is 21.1 Å². The van der Waals surface area contributed by atoms with E-state index in [1.54, 1.807) is 109 Å². The lowest BCUT2D eigenvalue weighted by atomic mass is 10.00. The lowest BCUT2D eigenvalue weighted by Gasteiger charge is -2.22. The third kappa shape index (κ3) is 20.8. The number of nitrogens with zero attached hydrogens (tertiary/aromatic N) is 13. The second-order valence-electron chi connectivity index (χ2n) is 29.2. The second kappa shape index (κ2) is 39.9. The zero-order chi connectivity index (χ0) is 90.2. The number of carbonyl (C=O) groups is 1. The van der Waals surface area contributed by atoms with Gasteiger partial charge in [0.05, 0.1) is 54.6 Å². The third-order valence-corrected chi connectivity index (χ3v) is 26.8. The second-order valence-corrected chi connectivity index (χ2v) is 36.2. The number of aliphatic imine (C=N–C) groups is 2. The fourth-order valence-electron chi connectivity index (χ4n) is 13.8. The van der Waals surface area contributed by atoms with Crippen LogP contribution in [-0.2, 0) is 37.1 Å². The average Bonchev–Trinajstić information content (AvgIpc) is 1.56. The highest BCUT2D eigenvalue weighted by Gasteiger charge is 2.43. The molecule has 0 atom stereocenters. The van der Waals surface area contributed by atoms with Crippen LogP contribution in [0.5, 0.6) is 23.0 Å². The SMILES string of the molecule is COc1ccc(CN2N=C(c3ccc(Cl)cc3)c3c(sc(C)c3C)-n3c2nnc3C(F)(F)F)cc1.COc1ccc(CN2N=C(c3ccc(Cl)cc3)c3c(sc(C)c3C)N=C2NN)cc1.COc1ccc(CN2N=C(c3ccc(Cl)cc3)c3c(sc(C)c3C)N=C2NNC(C)=O)cc1.COc1ccc(CN2N=C(c3ccc(Cl)cc3)c3c(sc(C)c3C)NC2=S)cc1. The molecule has 13 aromatic rings. The Morgan fingerprint density at radius 3 is 1.14 bits per heavy atom. The first-order valence-electron chi connectivity index (χ1n) is 39.4. The van der Waals surface area contributed by atoms with Crippen LogP contribution in [0.15, 0.2) is 225 Å². The molecule has 5 aromatic heterocycles. The van der Waals surface area contributed by atoms with Gasteiger partial charge >= 0.3 is 6.18 Å². The Kier molecular flexibility index (Phi) is 28.7. The van der Waals surface area contributed by atoms with E-state index in [9.17, 15) is 18.0 Å². The number of thiophene rings is 4. The average molecular weight is 1880 g/mol. The van der Waals surface area contributed by atoms with Gasteiger partial charge in [0.15, 0.2) is 5.11 Å². The van der Waals surface area contributed by atoms with E-state index in [-0.39, 0.29) is 18.4 Å². The number of amides is 1. The molecule has 23 nitrogen and oxygen atoms in total. The number of halogens is 7. The van der Waals surface area contributed by atoms with E-state index >= 15 is 0 Å². The minimum absolute atomic E-state index is 0.0143. The van der Waals surface area contributed by atoms with Gasteiger partial charge in [-0.1, -0.05) is 143 Å². The summed E-state index contributed by atoms with van der Waals surface area (Å²) >= 11 is 36.3. The van der Waals surface area contributed by atoms with E-state index in [1.165, 1.54) is 38.6 Å². The van der Waals surface area contributed by atoms with Gasteiger partial charge in [-0.15, -0.1) is 55.5 Å². The minimum atomic E-state index is -4.70. The van der Waals surface area contributed by atoms with Crippen LogP contribution in [0.4, 0.5) is 34.1 Å². The number of benzene rings is 8. The number of hydrogen-bond acceptors (Lipinski definition) is 24. The molecular weight excluding hydrogens is 1800 g/mol. The van der Waals surface area contributed by atoms with Crippen molar-refractivity contribution in [3.8, 4) is 28.0 Å².